The maximum atomic E-state index is 4.88. The summed E-state index contributed by atoms with van der Waals surface area (Å²) in [5, 5.41) is 0. The fourth-order valence-corrected chi connectivity index (χ4v) is 9.50. The molecular formula is C52H82. The van der Waals surface area contributed by atoms with Crippen molar-refractivity contribution in [2.45, 2.75) is 179 Å². The molecule has 4 aliphatic carbocycles. The van der Waals surface area contributed by atoms with Crippen molar-refractivity contribution in [1.82, 2.24) is 0 Å². The Balaban J connectivity index is 0.00000235. The summed E-state index contributed by atoms with van der Waals surface area (Å²) >= 11 is 0. The average Bonchev–Trinajstić information content (AvgIpc) is 3.47. The highest BCUT2D eigenvalue weighted by molar-refractivity contribution is 5.54. The van der Waals surface area contributed by atoms with Crippen molar-refractivity contribution in [3.05, 3.63) is 105 Å². The molecule has 0 aromatic rings. The van der Waals surface area contributed by atoms with E-state index in [1.54, 1.807) is 11.1 Å². The topological polar surface area (TPSA) is 0 Å². The van der Waals surface area contributed by atoms with Crippen LogP contribution in [0, 0.1) is 40.9 Å². The molecule has 0 bridgehead atoms. The van der Waals surface area contributed by atoms with Gasteiger partial charge in [-0.1, -0.05) is 178 Å². The second-order valence-corrected chi connectivity index (χ2v) is 18.8. The van der Waals surface area contributed by atoms with E-state index >= 15 is 0 Å². The molecule has 4 rings (SSSR count). The predicted octanol–water partition coefficient (Wildman–Crippen LogP) is 16.8. The van der Waals surface area contributed by atoms with Crippen molar-refractivity contribution < 1.29 is 0 Å². The summed E-state index contributed by atoms with van der Waals surface area (Å²) in [5.74, 6) is 4.13. The molecule has 4 aliphatic rings. The molecule has 0 aliphatic heterocycles. The van der Waals surface area contributed by atoms with Gasteiger partial charge in [0.2, 0.25) is 0 Å². The fraction of sp³-hybridized carbons (Fsp3) is 0.654. The predicted molar refractivity (Wildman–Crippen MR) is 235 cm³/mol. The molecule has 1 unspecified atom stereocenters. The van der Waals surface area contributed by atoms with Crippen molar-refractivity contribution in [3.8, 4) is 0 Å². The highest BCUT2D eigenvalue weighted by atomic mass is 14.4. The molecular weight excluding hydrogens is 625 g/mol. The van der Waals surface area contributed by atoms with Gasteiger partial charge in [-0.05, 0) is 147 Å². The SMILES string of the molecule is C=C1CC[C@H](C(C)(C)C)C/C1=C/C1=C(C)CC(C(=C)[C@H](C)[C@H](CCC2CCC(CC)CC2)C2=CC=C(C/C(C(=C)C)=C(\C)CC)CC2C)=C1.CCC. The van der Waals surface area contributed by atoms with Crippen LogP contribution in [0.15, 0.2) is 105 Å². The Hall–Kier alpha value is -2.34. The number of hydrogen-bond donors (Lipinski definition) is 0. The Morgan fingerprint density at radius 3 is 2.13 bits per heavy atom. The largest absolute Gasteiger partial charge is 0.0958 e. The molecule has 52 heavy (non-hydrogen) atoms. The van der Waals surface area contributed by atoms with E-state index in [2.05, 4.69) is 121 Å². The smallest absolute Gasteiger partial charge is 0.00580 e. The van der Waals surface area contributed by atoms with Gasteiger partial charge in [0.05, 0.1) is 0 Å². The fourth-order valence-electron chi connectivity index (χ4n) is 9.50. The minimum absolute atomic E-state index is 0.340. The Labute approximate surface area is 324 Å². The number of rotatable bonds is 13. The van der Waals surface area contributed by atoms with E-state index in [9.17, 15) is 0 Å². The van der Waals surface area contributed by atoms with Gasteiger partial charge in [-0.3, -0.25) is 0 Å². The third-order valence-corrected chi connectivity index (χ3v) is 13.6. The van der Waals surface area contributed by atoms with Gasteiger partial charge >= 0.3 is 0 Å². The molecule has 0 heteroatoms. The quantitative estimate of drug-likeness (QED) is 0.167. The van der Waals surface area contributed by atoms with E-state index < -0.39 is 0 Å². The Kier molecular flexibility index (Phi) is 17.3. The molecule has 0 N–H and O–H groups in total. The summed E-state index contributed by atoms with van der Waals surface area (Å²) in [4.78, 5) is 0. The Bertz CT molecular complexity index is 1440. The normalized spacial score (nSPS) is 26.5. The van der Waals surface area contributed by atoms with E-state index in [4.69, 9.17) is 6.58 Å². The Morgan fingerprint density at radius 1 is 0.942 bits per heavy atom. The molecule has 0 spiro atoms. The van der Waals surface area contributed by atoms with Crippen LogP contribution in [0.25, 0.3) is 0 Å². The van der Waals surface area contributed by atoms with Crippen LogP contribution in [-0.2, 0) is 0 Å². The maximum absolute atomic E-state index is 4.88. The summed E-state index contributed by atoms with van der Waals surface area (Å²) < 4.78 is 0. The first-order chi connectivity index (χ1) is 24.5. The molecule has 2 saturated carbocycles. The van der Waals surface area contributed by atoms with Gasteiger partial charge < -0.3 is 0 Å². The van der Waals surface area contributed by atoms with E-state index in [0.29, 0.717) is 23.2 Å². The minimum atomic E-state index is 0.340. The molecule has 0 nitrogen and oxygen atoms in total. The summed E-state index contributed by atoms with van der Waals surface area (Å²) in [5.41, 5.74) is 16.3. The van der Waals surface area contributed by atoms with Crippen LogP contribution in [0.2, 0.25) is 0 Å². The van der Waals surface area contributed by atoms with Crippen LogP contribution < -0.4 is 0 Å². The van der Waals surface area contributed by atoms with Crippen molar-refractivity contribution in [2.75, 3.05) is 0 Å². The molecule has 0 aromatic carbocycles. The zero-order chi connectivity index (χ0) is 38.7. The lowest BCUT2D eigenvalue weighted by molar-refractivity contribution is 0.215. The lowest BCUT2D eigenvalue weighted by Gasteiger charge is -2.36. The summed E-state index contributed by atoms with van der Waals surface area (Å²) in [6, 6.07) is 0. The second-order valence-electron chi connectivity index (χ2n) is 18.8. The molecule has 0 amide bonds. The third kappa shape index (κ3) is 12.1. The molecule has 0 radical (unpaired) electrons. The van der Waals surface area contributed by atoms with E-state index in [1.807, 2.05) is 0 Å². The highest BCUT2D eigenvalue weighted by Gasteiger charge is 2.33. The monoisotopic (exact) mass is 707 g/mol. The molecule has 2 fully saturated rings. The number of allylic oxidation sites excluding steroid dienone is 15. The van der Waals surface area contributed by atoms with Crippen molar-refractivity contribution in [3.63, 3.8) is 0 Å². The maximum Gasteiger partial charge on any atom is -0.00580 e. The van der Waals surface area contributed by atoms with Gasteiger partial charge in [0.15, 0.2) is 0 Å². The molecule has 0 saturated heterocycles. The van der Waals surface area contributed by atoms with E-state index in [0.717, 1.165) is 56.3 Å². The first-order valence-electron chi connectivity index (χ1n) is 21.8. The van der Waals surface area contributed by atoms with Crippen LogP contribution in [0.5, 0.6) is 0 Å². The van der Waals surface area contributed by atoms with Crippen molar-refractivity contribution in [1.29, 1.82) is 0 Å². The van der Waals surface area contributed by atoms with Crippen LogP contribution in [0.4, 0.5) is 0 Å². The van der Waals surface area contributed by atoms with Crippen LogP contribution in [-0.4, -0.2) is 0 Å². The number of hydrogen-bond acceptors (Lipinski definition) is 0. The van der Waals surface area contributed by atoms with Crippen molar-refractivity contribution in [2.24, 2.45) is 40.9 Å². The average molecular weight is 707 g/mol. The summed E-state index contributed by atoms with van der Waals surface area (Å²) in [7, 11) is 0. The molecule has 0 heterocycles. The zero-order valence-corrected chi connectivity index (χ0v) is 36.5. The van der Waals surface area contributed by atoms with E-state index in [1.165, 1.54) is 108 Å². The minimum Gasteiger partial charge on any atom is -0.0958 e. The van der Waals surface area contributed by atoms with Gasteiger partial charge in [0.1, 0.15) is 0 Å². The molecule has 0 aromatic heterocycles. The van der Waals surface area contributed by atoms with Gasteiger partial charge in [-0.2, -0.15) is 0 Å². The van der Waals surface area contributed by atoms with E-state index in [-0.39, 0.29) is 0 Å². The standard InChI is InChI=1S/C49H74.C3H8/c1-14-33(5)48(32(3)4)28-41-22-24-46(36(8)26-41)47(25-21-40-19-17-39(15-2)18-20-40)38(10)37(9)44-27-35(7)42(30-44)29-43-31-45(49(11,12)13)23-16-34(43)6;1-3-2/h22,24,29-30,36,38-40,45,47H,3,6,9,14-21,23,25-28,31H2,1-2,4-5,7-8,10-13H3;3H2,1-2H3/b43-29-,48-33-;/t36?,38-,39?,40?,45-,47-;/m0./s1. The highest BCUT2D eigenvalue weighted by Crippen LogP contribution is 2.46. The van der Waals surface area contributed by atoms with Crippen LogP contribution >= 0.6 is 0 Å². The summed E-state index contributed by atoms with van der Waals surface area (Å²) in [6.45, 7) is 41.7. The van der Waals surface area contributed by atoms with Crippen molar-refractivity contribution >= 4 is 0 Å². The zero-order valence-electron chi connectivity index (χ0n) is 36.5. The van der Waals surface area contributed by atoms with Gasteiger partial charge in [-0.15, -0.1) is 0 Å². The molecule has 290 valence electrons. The third-order valence-electron chi connectivity index (χ3n) is 13.6. The van der Waals surface area contributed by atoms with Gasteiger partial charge in [0, 0.05) is 0 Å². The molecule has 4 atom stereocenters. The van der Waals surface area contributed by atoms with Gasteiger partial charge in [-0.25, -0.2) is 0 Å². The second kappa shape index (κ2) is 20.4. The van der Waals surface area contributed by atoms with Crippen LogP contribution in [0.3, 0.4) is 0 Å². The van der Waals surface area contributed by atoms with Gasteiger partial charge in [0.25, 0.3) is 0 Å². The first-order valence-corrected chi connectivity index (χ1v) is 21.8. The summed E-state index contributed by atoms with van der Waals surface area (Å²) in [6.07, 6.45) is 28.9. The Morgan fingerprint density at radius 2 is 1.58 bits per heavy atom. The lowest BCUT2D eigenvalue weighted by Crippen LogP contribution is -2.24. The lowest BCUT2D eigenvalue weighted by atomic mass is 9.69. The van der Waals surface area contributed by atoms with Crippen LogP contribution in [0.1, 0.15) is 179 Å². The first kappa shape index (κ1) is 44.1.